The molecule has 5 nitrogen and oxygen atoms in total. The molecule has 0 bridgehead atoms. The van der Waals surface area contributed by atoms with Crippen LogP contribution in [-0.4, -0.2) is 43.6 Å². The molecule has 1 aromatic carbocycles. The number of aryl methyl sites for hydroxylation is 2. The summed E-state index contributed by atoms with van der Waals surface area (Å²) in [5.74, 6) is 0.634. The summed E-state index contributed by atoms with van der Waals surface area (Å²) in [5, 5.41) is 9.92. The highest BCUT2D eigenvalue weighted by Gasteiger charge is 2.30. The van der Waals surface area contributed by atoms with Gasteiger partial charge in [0.05, 0.1) is 17.6 Å². The van der Waals surface area contributed by atoms with Crippen molar-refractivity contribution in [3.05, 3.63) is 23.3 Å². The molecule has 0 amide bonds. The Morgan fingerprint density at radius 1 is 1.24 bits per heavy atom. The third kappa shape index (κ3) is 4.18. The van der Waals surface area contributed by atoms with E-state index in [1.54, 1.807) is 53.9 Å². The quantitative estimate of drug-likeness (QED) is 0.873. The summed E-state index contributed by atoms with van der Waals surface area (Å²) in [5.41, 5.74) is 0.194. The van der Waals surface area contributed by atoms with Gasteiger partial charge in [0.15, 0.2) is 0 Å². The molecule has 6 heteroatoms. The van der Waals surface area contributed by atoms with Crippen molar-refractivity contribution in [3.63, 3.8) is 0 Å². The van der Waals surface area contributed by atoms with Crippen molar-refractivity contribution in [2.45, 2.75) is 45.1 Å². The van der Waals surface area contributed by atoms with Crippen LogP contribution in [0.2, 0.25) is 0 Å². The molecule has 0 heterocycles. The topological polar surface area (TPSA) is 66.8 Å². The number of benzene rings is 1. The fraction of sp³-hybridized carbons (Fsp3) is 0.600. The second-order valence-corrected chi connectivity index (χ2v) is 7.71. The molecule has 0 unspecified atom stereocenters. The Bertz CT molecular complexity index is 580. The molecule has 0 aliphatic rings. The van der Waals surface area contributed by atoms with Gasteiger partial charge in [0, 0.05) is 13.1 Å². The summed E-state index contributed by atoms with van der Waals surface area (Å²) in [6.07, 6.45) is 0. The van der Waals surface area contributed by atoms with Crippen molar-refractivity contribution >= 4 is 10.0 Å². The molecule has 0 saturated heterocycles. The van der Waals surface area contributed by atoms with Gasteiger partial charge in [-0.15, -0.1) is 0 Å². The summed E-state index contributed by atoms with van der Waals surface area (Å²) in [4.78, 5) is 0.286. The van der Waals surface area contributed by atoms with Crippen molar-refractivity contribution in [3.8, 4) is 5.75 Å². The van der Waals surface area contributed by atoms with E-state index in [1.165, 1.54) is 4.31 Å². The number of sulfonamides is 1. The van der Waals surface area contributed by atoms with Gasteiger partial charge in [-0.3, -0.25) is 0 Å². The lowest BCUT2D eigenvalue weighted by atomic mass is 10.1. The molecule has 0 spiro atoms. The molecule has 1 aromatic rings. The van der Waals surface area contributed by atoms with Crippen LogP contribution in [0.5, 0.6) is 5.75 Å². The van der Waals surface area contributed by atoms with Crippen LogP contribution in [-0.2, 0) is 10.0 Å². The number of rotatable bonds is 6. The van der Waals surface area contributed by atoms with Crippen LogP contribution in [0, 0.1) is 13.8 Å². The van der Waals surface area contributed by atoms with E-state index < -0.39 is 15.6 Å². The standard InChI is InChI=1S/C15H25NO4S/c1-7-16(10-15(4,5)17)21(18,19)14-11(2)8-13(20-6)9-12(14)3/h8-9,17H,7,10H2,1-6H3. The van der Waals surface area contributed by atoms with Gasteiger partial charge < -0.3 is 9.84 Å². The van der Waals surface area contributed by atoms with Gasteiger partial charge >= 0.3 is 0 Å². The minimum atomic E-state index is -3.65. The minimum absolute atomic E-state index is 0.0523. The van der Waals surface area contributed by atoms with E-state index in [1.807, 2.05) is 0 Å². The Hall–Kier alpha value is -1.11. The first-order valence-corrected chi connectivity index (χ1v) is 8.34. The van der Waals surface area contributed by atoms with Crippen LogP contribution in [0.4, 0.5) is 0 Å². The molecule has 0 aromatic heterocycles. The molecule has 1 rings (SSSR count). The van der Waals surface area contributed by atoms with E-state index in [4.69, 9.17) is 4.74 Å². The smallest absolute Gasteiger partial charge is 0.243 e. The van der Waals surface area contributed by atoms with Crippen LogP contribution in [0.25, 0.3) is 0 Å². The molecular formula is C15H25NO4S. The lowest BCUT2D eigenvalue weighted by molar-refractivity contribution is 0.0601. The van der Waals surface area contributed by atoms with Gasteiger partial charge in [0.1, 0.15) is 5.75 Å². The first-order chi connectivity index (χ1) is 9.52. The van der Waals surface area contributed by atoms with E-state index in [-0.39, 0.29) is 11.4 Å². The van der Waals surface area contributed by atoms with Gasteiger partial charge in [-0.1, -0.05) is 6.92 Å². The van der Waals surface area contributed by atoms with E-state index in [2.05, 4.69) is 0 Å². The second-order valence-electron chi connectivity index (χ2n) is 5.83. The SMILES string of the molecule is CCN(CC(C)(C)O)S(=O)(=O)c1c(C)cc(OC)cc1C. The summed E-state index contributed by atoms with van der Waals surface area (Å²) in [7, 11) is -2.10. The fourth-order valence-electron chi connectivity index (χ4n) is 2.36. The van der Waals surface area contributed by atoms with Crippen molar-refractivity contribution in [1.29, 1.82) is 0 Å². The Kier molecular flexibility index (Phi) is 5.41. The molecule has 120 valence electrons. The summed E-state index contributed by atoms with van der Waals surface area (Å²) in [6.45, 7) is 8.81. The molecule has 0 atom stereocenters. The molecule has 21 heavy (non-hydrogen) atoms. The zero-order valence-electron chi connectivity index (χ0n) is 13.6. The molecule has 0 fully saturated rings. The van der Waals surface area contributed by atoms with Gasteiger partial charge in [-0.2, -0.15) is 4.31 Å². The third-order valence-electron chi connectivity index (χ3n) is 3.18. The number of hydrogen-bond acceptors (Lipinski definition) is 4. The maximum Gasteiger partial charge on any atom is 0.243 e. The molecule has 1 N–H and O–H groups in total. The maximum atomic E-state index is 12.9. The van der Waals surface area contributed by atoms with Crippen molar-refractivity contribution in [1.82, 2.24) is 4.31 Å². The maximum absolute atomic E-state index is 12.9. The highest BCUT2D eigenvalue weighted by Crippen LogP contribution is 2.28. The Morgan fingerprint density at radius 2 is 1.71 bits per heavy atom. The second kappa shape index (κ2) is 6.34. The van der Waals surface area contributed by atoms with Crippen LogP contribution < -0.4 is 4.74 Å². The molecule has 0 saturated carbocycles. The zero-order valence-corrected chi connectivity index (χ0v) is 14.4. The Morgan fingerprint density at radius 3 is 2.05 bits per heavy atom. The van der Waals surface area contributed by atoms with Gasteiger partial charge in [-0.05, 0) is 51.0 Å². The van der Waals surface area contributed by atoms with Crippen LogP contribution >= 0.6 is 0 Å². The summed E-state index contributed by atoms with van der Waals surface area (Å²) >= 11 is 0. The number of aliphatic hydroxyl groups is 1. The van der Waals surface area contributed by atoms with E-state index >= 15 is 0 Å². The fourth-order valence-corrected chi connectivity index (χ4v) is 4.38. The number of ether oxygens (including phenoxy) is 1. The lowest BCUT2D eigenvalue weighted by Crippen LogP contribution is -2.42. The van der Waals surface area contributed by atoms with E-state index in [0.717, 1.165) is 0 Å². The highest BCUT2D eigenvalue weighted by molar-refractivity contribution is 7.89. The molecular weight excluding hydrogens is 290 g/mol. The predicted octanol–water partition coefficient (Wildman–Crippen LogP) is 2.09. The van der Waals surface area contributed by atoms with Crippen LogP contribution in [0.15, 0.2) is 17.0 Å². The lowest BCUT2D eigenvalue weighted by Gasteiger charge is -2.28. The third-order valence-corrected chi connectivity index (χ3v) is 5.41. The molecule has 0 aliphatic heterocycles. The first kappa shape index (κ1) is 17.9. The van der Waals surface area contributed by atoms with E-state index in [0.29, 0.717) is 23.4 Å². The zero-order chi connectivity index (χ0) is 16.4. The van der Waals surface area contributed by atoms with Crippen molar-refractivity contribution < 1.29 is 18.3 Å². The normalized spacial score (nSPS) is 12.8. The Labute approximate surface area is 127 Å². The summed E-state index contributed by atoms with van der Waals surface area (Å²) < 4.78 is 32.2. The average molecular weight is 315 g/mol. The summed E-state index contributed by atoms with van der Waals surface area (Å²) in [6, 6.07) is 3.41. The number of nitrogens with zero attached hydrogens (tertiary/aromatic N) is 1. The minimum Gasteiger partial charge on any atom is -0.497 e. The molecule has 0 aliphatic carbocycles. The largest absolute Gasteiger partial charge is 0.497 e. The van der Waals surface area contributed by atoms with Gasteiger partial charge in [0.2, 0.25) is 10.0 Å². The van der Waals surface area contributed by atoms with Crippen molar-refractivity contribution in [2.24, 2.45) is 0 Å². The Balaban J connectivity index is 3.36. The number of hydrogen-bond donors (Lipinski definition) is 1. The highest BCUT2D eigenvalue weighted by atomic mass is 32.2. The van der Waals surface area contributed by atoms with Gasteiger partial charge in [0.25, 0.3) is 0 Å². The predicted molar refractivity (Wildman–Crippen MR) is 83.2 cm³/mol. The van der Waals surface area contributed by atoms with Gasteiger partial charge in [-0.25, -0.2) is 8.42 Å². The first-order valence-electron chi connectivity index (χ1n) is 6.90. The average Bonchev–Trinajstić information content (AvgIpc) is 2.33. The van der Waals surface area contributed by atoms with Crippen molar-refractivity contribution in [2.75, 3.05) is 20.2 Å². The number of likely N-dealkylation sites (N-methyl/N-ethyl adjacent to an activating group) is 1. The van der Waals surface area contributed by atoms with E-state index in [9.17, 15) is 13.5 Å². The molecule has 0 radical (unpaired) electrons. The van der Waals surface area contributed by atoms with Crippen LogP contribution in [0.3, 0.4) is 0 Å². The number of methoxy groups -OCH3 is 1. The monoisotopic (exact) mass is 315 g/mol. The van der Waals surface area contributed by atoms with Crippen LogP contribution in [0.1, 0.15) is 31.9 Å².